The van der Waals surface area contributed by atoms with Crippen molar-refractivity contribution in [2.45, 2.75) is 24.9 Å². The Hall–Kier alpha value is -1.54. The Morgan fingerprint density at radius 1 is 1.25 bits per heavy atom. The summed E-state index contributed by atoms with van der Waals surface area (Å²) in [6, 6.07) is 5.94. The van der Waals surface area contributed by atoms with Crippen LogP contribution in [0.1, 0.15) is 24.3 Å². The van der Waals surface area contributed by atoms with E-state index < -0.39 is 0 Å². The molecule has 3 aliphatic rings. The smallest absolute Gasteiger partial charge is 0.235 e. The molecule has 1 aromatic carbocycles. The van der Waals surface area contributed by atoms with Crippen molar-refractivity contribution < 1.29 is 14.3 Å². The molecule has 0 aromatic heterocycles. The minimum Gasteiger partial charge on any atom is -0.454 e. The Morgan fingerprint density at radius 3 is 2.92 bits per heavy atom. The summed E-state index contributed by atoms with van der Waals surface area (Å²) in [7, 11) is 0. The number of hydrazine groups is 1. The highest BCUT2D eigenvalue weighted by Gasteiger charge is 2.30. The maximum absolute atomic E-state index is 12.1. The lowest BCUT2D eigenvalue weighted by Crippen LogP contribution is -2.49. The Bertz CT molecular complexity index is 597. The van der Waals surface area contributed by atoms with E-state index >= 15 is 0 Å². The molecular formula is C16H23ClN4O3. The average molecular weight is 355 g/mol. The summed E-state index contributed by atoms with van der Waals surface area (Å²) in [5.41, 5.74) is 7.37. The van der Waals surface area contributed by atoms with E-state index in [0.717, 1.165) is 36.1 Å². The zero-order chi connectivity index (χ0) is 15.6. The summed E-state index contributed by atoms with van der Waals surface area (Å²) < 4.78 is 10.8. The summed E-state index contributed by atoms with van der Waals surface area (Å²) in [5.74, 6) is 2.48. The van der Waals surface area contributed by atoms with Crippen LogP contribution in [0.25, 0.3) is 0 Å². The molecule has 1 saturated heterocycles. The van der Waals surface area contributed by atoms with Crippen LogP contribution in [-0.2, 0) is 4.79 Å². The van der Waals surface area contributed by atoms with Crippen LogP contribution in [0.4, 0.5) is 0 Å². The average Bonchev–Trinajstić information content (AvgIpc) is 3.07. The number of carbonyl (C=O) groups is 1. The van der Waals surface area contributed by atoms with Crippen LogP contribution in [0.2, 0.25) is 0 Å². The van der Waals surface area contributed by atoms with Crippen LogP contribution >= 0.6 is 12.4 Å². The topological polar surface area (TPSA) is 83.7 Å². The van der Waals surface area contributed by atoms with Gasteiger partial charge in [-0.1, -0.05) is 6.07 Å². The molecule has 1 aromatic rings. The molecule has 0 spiro atoms. The van der Waals surface area contributed by atoms with Gasteiger partial charge in [0.25, 0.3) is 0 Å². The van der Waals surface area contributed by atoms with Crippen LogP contribution < -0.4 is 31.0 Å². The van der Waals surface area contributed by atoms with Crippen LogP contribution in [0.5, 0.6) is 11.5 Å². The number of halogens is 1. The maximum atomic E-state index is 12.1. The van der Waals surface area contributed by atoms with E-state index in [4.69, 9.17) is 9.47 Å². The predicted molar refractivity (Wildman–Crippen MR) is 91.2 cm³/mol. The van der Waals surface area contributed by atoms with Gasteiger partial charge in [-0.2, -0.15) is 0 Å². The largest absolute Gasteiger partial charge is 0.454 e. The fraction of sp³-hybridized carbons (Fsp3) is 0.562. The third-order valence-electron chi connectivity index (χ3n) is 4.54. The van der Waals surface area contributed by atoms with Crippen molar-refractivity contribution in [2.75, 3.05) is 26.4 Å². The molecule has 2 aliphatic heterocycles. The van der Waals surface area contributed by atoms with Gasteiger partial charge in [0.2, 0.25) is 12.7 Å². The molecule has 1 amide bonds. The molecule has 2 unspecified atom stereocenters. The molecule has 8 heteroatoms. The molecule has 24 heavy (non-hydrogen) atoms. The standard InChI is InChI=1S/C16H22N4O3.ClH/c21-15(8-17-6-10-1-2-10)19-16-12(7-18-20-16)11-3-4-13-14(5-11)23-9-22-13;/h3-5,10,12,16-18,20H,1-2,6-9H2,(H,19,21);1H. The number of nitrogens with one attached hydrogen (secondary N) is 4. The highest BCUT2D eigenvalue weighted by molar-refractivity contribution is 5.85. The number of fused-ring (bicyclic) bond motifs is 1. The van der Waals surface area contributed by atoms with Crippen molar-refractivity contribution in [2.24, 2.45) is 5.92 Å². The molecule has 0 bridgehead atoms. The number of hydrogen-bond acceptors (Lipinski definition) is 6. The summed E-state index contributed by atoms with van der Waals surface area (Å²) in [4.78, 5) is 12.1. The first kappa shape index (κ1) is 17.3. The van der Waals surface area contributed by atoms with Crippen molar-refractivity contribution in [3.05, 3.63) is 23.8 Å². The van der Waals surface area contributed by atoms with E-state index in [9.17, 15) is 4.79 Å². The van der Waals surface area contributed by atoms with Gasteiger partial charge >= 0.3 is 0 Å². The monoisotopic (exact) mass is 354 g/mol. The Balaban J connectivity index is 0.00000169. The molecule has 7 nitrogen and oxygen atoms in total. The van der Waals surface area contributed by atoms with Gasteiger partial charge < -0.3 is 20.1 Å². The minimum atomic E-state index is -0.134. The number of hydrogen-bond donors (Lipinski definition) is 4. The van der Waals surface area contributed by atoms with E-state index in [1.807, 2.05) is 18.2 Å². The van der Waals surface area contributed by atoms with E-state index in [2.05, 4.69) is 21.5 Å². The Labute approximate surface area is 147 Å². The fourth-order valence-electron chi connectivity index (χ4n) is 3.02. The molecule has 4 N–H and O–H groups in total. The van der Waals surface area contributed by atoms with Gasteiger partial charge in [0.1, 0.15) is 6.17 Å². The zero-order valence-corrected chi connectivity index (χ0v) is 14.2. The van der Waals surface area contributed by atoms with Crippen molar-refractivity contribution in [1.82, 2.24) is 21.5 Å². The van der Waals surface area contributed by atoms with E-state index in [1.165, 1.54) is 12.8 Å². The van der Waals surface area contributed by atoms with Gasteiger partial charge in [-0.3, -0.25) is 10.2 Å². The maximum Gasteiger partial charge on any atom is 0.235 e. The molecule has 2 atom stereocenters. The molecular weight excluding hydrogens is 332 g/mol. The van der Waals surface area contributed by atoms with E-state index in [1.54, 1.807) is 0 Å². The number of benzene rings is 1. The van der Waals surface area contributed by atoms with E-state index in [0.29, 0.717) is 6.54 Å². The molecule has 1 aliphatic carbocycles. The quantitative estimate of drug-likeness (QED) is 0.594. The number of rotatable bonds is 6. The SMILES string of the molecule is Cl.O=C(CNCC1CC1)NC1NNCC1c1ccc2c(c1)OCO2. The van der Waals surface area contributed by atoms with Gasteiger partial charge in [0.15, 0.2) is 11.5 Å². The minimum absolute atomic E-state index is 0. The lowest BCUT2D eigenvalue weighted by Gasteiger charge is -2.20. The van der Waals surface area contributed by atoms with Crippen molar-refractivity contribution in [3.8, 4) is 11.5 Å². The van der Waals surface area contributed by atoms with Crippen LogP contribution in [-0.4, -0.2) is 38.5 Å². The molecule has 0 radical (unpaired) electrons. The number of amides is 1. The van der Waals surface area contributed by atoms with Gasteiger partial charge in [0.05, 0.1) is 6.54 Å². The first-order valence-electron chi connectivity index (χ1n) is 8.17. The molecule has 2 heterocycles. The third-order valence-corrected chi connectivity index (χ3v) is 4.54. The van der Waals surface area contributed by atoms with Gasteiger partial charge in [0, 0.05) is 12.5 Å². The lowest BCUT2D eigenvalue weighted by atomic mass is 9.97. The molecule has 4 rings (SSSR count). The second kappa shape index (κ2) is 7.57. The third kappa shape index (κ3) is 3.92. The highest BCUT2D eigenvalue weighted by atomic mass is 35.5. The Kier molecular flexibility index (Phi) is 5.45. The lowest BCUT2D eigenvalue weighted by molar-refractivity contribution is -0.121. The van der Waals surface area contributed by atoms with Crippen LogP contribution in [0.3, 0.4) is 0 Å². The van der Waals surface area contributed by atoms with E-state index in [-0.39, 0.29) is 37.2 Å². The summed E-state index contributed by atoms with van der Waals surface area (Å²) in [5, 5.41) is 6.26. The summed E-state index contributed by atoms with van der Waals surface area (Å²) in [6.07, 6.45) is 2.44. The van der Waals surface area contributed by atoms with Crippen LogP contribution in [0, 0.1) is 5.92 Å². The second-order valence-electron chi connectivity index (χ2n) is 6.36. The van der Waals surface area contributed by atoms with Crippen LogP contribution in [0.15, 0.2) is 18.2 Å². The number of carbonyl (C=O) groups excluding carboxylic acids is 1. The van der Waals surface area contributed by atoms with Crippen molar-refractivity contribution in [1.29, 1.82) is 0 Å². The fourth-order valence-corrected chi connectivity index (χ4v) is 3.02. The van der Waals surface area contributed by atoms with Crippen molar-refractivity contribution in [3.63, 3.8) is 0 Å². The highest BCUT2D eigenvalue weighted by Crippen LogP contribution is 2.35. The Morgan fingerprint density at radius 2 is 2.08 bits per heavy atom. The molecule has 1 saturated carbocycles. The molecule has 132 valence electrons. The van der Waals surface area contributed by atoms with Gasteiger partial charge in [-0.15, -0.1) is 12.4 Å². The first-order valence-corrected chi connectivity index (χ1v) is 8.17. The van der Waals surface area contributed by atoms with Crippen molar-refractivity contribution >= 4 is 18.3 Å². The van der Waals surface area contributed by atoms with Gasteiger partial charge in [-0.05, 0) is 43.0 Å². The predicted octanol–water partition coefficient (Wildman–Crippen LogP) is 0.470. The number of ether oxygens (including phenoxy) is 2. The first-order chi connectivity index (χ1) is 11.3. The normalized spacial score (nSPS) is 24.5. The zero-order valence-electron chi connectivity index (χ0n) is 13.3. The summed E-state index contributed by atoms with van der Waals surface area (Å²) >= 11 is 0. The second-order valence-corrected chi connectivity index (χ2v) is 6.36. The summed E-state index contributed by atoms with van der Waals surface area (Å²) in [6.45, 7) is 2.32. The van der Waals surface area contributed by atoms with Gasteiger partial charge in [-0.25, -0.2) is 5.43 Å². The molecule has 2 fully saturated rings.